The monoisotopic (exact) mass is 270 g/mol. The first-order valence-electron chi connectivity index (χ1n) is 4.19. The molecule has 0 aliphatic heterocycles. The Morgan fingerprint density at radius 1 is 1.35 bits per heavy atom. The average molecular weight is 270 g/mol. The Labute approximate surface area is 95.6 Å². The molecule has 0 saturated carbocycles. The number of benzene rings is 1. The van der Waals surface area contributed by atoms with Gasteiger partial charge in [0.15, 0.2) is 0 Å². The van der Waals surface area contributed by atoms with Gasteiger partial charge in [0.1, 0.15) is 5.75 Å². The Hall–Kier alpha value is -1.48. The molecule has 3 N–H and O–H groups in total. The smallest absolute Gasteiger partial charge is 0.418 e. The lowest BCUT2D eigenvalue weighted by Crippen LogP contribution is -2.23. The van der Waals surface area contributed by atoms with Crippen LogP contribution in [0.4, 0.5) is 18.9 Å². The molecule has 0 atom stereocenters. The maximum atomic E-state index is 12.6. The highest BCUT2D eigenvalue weighted by atomic mass is 32.2. The van der Waals surface area contributed by atoms with Gasteiger partial charge in [-0.25, -0.2) is 5.14 Å². The van der Waals surface area contributed by atoms with E-state index in [0.29, 0.717) is 6.07 Å². The molecule has 0 aliphatic rings. The Morgan fingerprint density at radius 3 is 2.35 bits per heavy atom. The van der Waals surface area contributed by atoms with Crippen molar-refractivity contribution < 1.29 is 26.3 Å². The number of rotatable bonds is 3. The van der Waals surface area contributed by atoms with Crippen molar-refractivity contribution in [3.63, 3.8) is 0 Å². The van der Waals surface area contributed by atoms with Gasteiger partial charge in [-0.15, -0.1) is 0 Å². The molecule has 1 aromatic rings. The van der Waals surface area contributed by atoms with E-state index in [-0.39, 0.29) is 5.75 Å². The molecule has 0 radical (unpaired) electrons. The standard InChI is InChI=1S/C8H9F3N2O3S/c1-16-5-2-3-7(13-17(12,14)15)6(4-5)8(9,10)11/h2-4,13H,1H3,(H2,12,14,15). The minimum atomic E-state index is -4.72. The lowest BCUT2D eigenvalue weighted by atomic mass is 10.1. The fourth-order valence-electron chi connectivity index (χ4n) is 1.13. The van der Waals surface area contributed by atoms with E-state index in [4.69, 9.17) is 0 Å². The number of nitrogens with one attached hydrogen (secondary N) is 1. The zero-order valence-electron chi connectivity index (χ0n) is 8.58. The Balaban J connectivity index is 3.30. The average Bonchev–Trinajstić information content (AvgIpc) is 2.14. The summed E-state index contributed by atoms with van der Waals surface area (Å²) in [6.07, 6.45) is -4.72. The number of alkyl halides is 3. The lowest BCUT2D eigenvalue weighted by molar-refractivity contribution is -0.137. The van der Waals surface area contributed by atoms with E-state index in [2.05, 4.69) is 9.88 Å². The fraction of sp³-hybridized carbons (Fsp3) is 0.250. The summed E-state index contributed by atoms with van der Waals surface area (Å²) in [5, 5.41) is 4.61. The molecule has 5 nitrogen and oxygen atoms in total. The number of hydrogen-bond donors (Lipinski definition) is 2. The molecule has 0 heterocycles. The van der Waals surface area contributed by atoms with Gasteiger partial charge >= 0.3 is 6.18 Å². The predicted octanol–water partition coefficient (Wildman–Crippen LogP) is 1.33. The van der Waals surface area contributed by atoms with Gasteiger partial charge in [0.2, 0.25) is 0 Å². The van der Waals surface area contributed by atoms with Gasteiger partial charge in [0.05, 0.1) is 18.4 Å². The molecular formula is C8H9F3N2O3S. The molecule has 17 heavy (non-hydrogen) atoms. The van der Waals surface area contributed by atoms with Crippen molar-refractivity contribution in [2.75, 3.05) is 11.8 Å². The van der Waals surface area contributed by atoms with E-state index in [1.54, 1.807) is 4.72 Å². The van der Waals surface area contributed by atoms with Crippen molar-refractivity contribution in [3.8, 4) is 5.75 Å². The molecular weight excluding hydrogens is 261 g/mol. The van der Waals surface area contributed by atoms with E-state index in [9.17, 15) is 21.6 Å². The van der Waals surface area contributed by atoms with Crippen LogP contribution >= 0.6 is 0 Å². The third kappa shape index (κ3) is 3.79. The molecule has 0 aromatic heterocycles. The molecule has 0 fully saturated rings. The largest absolute Gasteiger partial charge is 0.497 e. The van der Waals surface area contributed by atoms with Gasteiger partial charge in [0.25, 0.3) is 10.2 Å². The Bertz CT molecular complexity index is 513. The number of ether oxygens (including phenoxy) is 1. The third-order valence-electron chi connectivity index (χ3n) is 1.78. The normalized spacial score (nSPS) is 12.3. The molecule has 9 heteroatoms. The lowest BCUT2D eigenvalue weighted by Gasteiger charge is -2.14. The second-order valence-corrected chi connectivity index (χ2v) is 4.35. The van der Waals surface area contributed by atoms with Crippen LogP contribution in [-0.2, 0) is 16.4 Å². The summed E-state index contributed by atoms with van der Waals surface area (Å²) in [4.78, 5) is 0. The first-order valence-corrected chi connectivity index (χ1v) is 5.74. The topological polar surface area (TPSA) is 81.4 Å². The number of anilines is 1. The van der Waals surface area contributed by atoms with Crippen LogP contribution in [0.1, 0.15) is 5.56 Å². The van der Waals surface area contributed by atoms with Crippen LogP contribution < -0.4 is 14.6 Å². The highest BCUT2D eigenvalue weighted by molar-refractivity contribution is 7.90. The number of halogens is 3. The van der Waals surface area contributed by atoms with Crippen LogP contribution in [0.15, 0.2) is 18.2 Å². The summed E-state index contributed by atoms with van der Waals surface area (Å²) in [7, 11) is -3.07. The summed E-state index contributed by atoms with van der Waals surface area (Å²) < 4.78 is 65.4. The minimum Gasteiger partial charge on any atom is -0.497 e. The first kappa shape index (κ1) is 13.6. The predicted molar refractivity (Wildman–Crippen MR) is 54.7 cm³/mol. The quantitative estimate of drug-likeness (QED) is 0.869. The zero-order chi connectivity index (χ0) is 13.3. The molecule has 1 rings (SSSR count). The highest BCUT2D eigenvalue weighted by Gasteiger charge is 2.34. The van der Waals surface area contributed by atoms with E-state index in [1.165, 1.54) is 13.2 Å². The van der Waals surface area contributed by atoms with Gasteiger partial charge in [-0.3, -0.25) is 4.72 Å². The van der Waals surface area contributed by atoms with Gasteiger partial charge in [-0.05, 0) is 18.2 Å². The van der Waals surface area contributed by atoms with Crippen LogP contribution in [0.25, 0.3) is 0 Å². The molecule has 1 aromatic carbocycles. The van der Waals surface area contributed by atoms with Crippen molar-refractivity contribution >= 4 is 15.9 Å². The summed E-state index contributed by atoms with van der Waals surface area (Å²) >= 11 is 0. The van der Waals surface area contributed by atoms with Crippen LogP contribution in [-0.4, -0.2) is 15.5 Å². The fourth-order valence-corrected chi connectivity index (χ4v) is 1.61. The Kier molecular flexibility index (Phi) is 3.53. The molecule has 0 saturated heterocycles. The second kappa shape index (κ2) is 4.41. The van der Waals surface area contributed by atoms with Gasteiger partial charge in [-0.1, -0.05) is 0 Å². The third-order valence-corrected chi connectivity index (χ3v) is 2.29. The summed E-state index contributed by atoms with van der Waals surface area (Å²) in [6.45, 7) is 0. The molecule has 0 spiro atoms. The second-order valence-electron chi connectivity index (χ2n) is 3.06. The molecule has 0 unspecified atom stereocenters. The summed E-state index contributed by atoms with van der Waals surface area (Å²) in [5.74, 6) is -0.0442. The molecule has 0 aliphatic carbocycles. The van der Waals surface area contributed by atoms with E-state index >= 15 is 0 Å². The number of hydrogen-bond acceptors (Lipinski definition) is 3. The SMILES string of the molecule is COc1ccc(NS(N)(=O)=O)c(C(F)(F)F)c1. The maximum Gasteiger partial charge on any atom is 0.418 e. The van der Waals surface area contributed by atoms with Crippen LogP contribution in [0.5, 0.6) is 5.75 Å². The van der Waals surface area contributed by atoms with E-state index < -0.39 is 27.6 Å². The van der Waals surface area contributed by atoms with E-state index in [0.717, 1.165) is 6.07 Å². The summed E-state index contributed by atoms with van der Waals surface area (Å²) in [5.41, 5.74) is -1.83. The highest BCUT2D eigenvalue weighted by Crippen LogP contribution is 2.37. The molecule has 0 bridgehead atoms. The van der Waals surface area contributed by atoms with Crippen molar-refractivity contribution in [3.05, 3.63) is 23.8 Å². The van der Waals surface area contributed by atoms with Gasteiger partial charge < -0.3 is 4.74 Å². The molecule has 96 valence electrons. The number of nitrogens with two attached hydrogens (primary N) is 1. The van der Waals surface area contributed by atoms with Crippen molar-refractivity contribution in [1.82, 2.24) is 0 Å². The molecule has 0 amide bonds. The maximum absolute atomic E-state index is 12.6. The van der Waals surface area contributed by atoms with Crippen molar-refractivity contribution in [1.29, 1.82) is 0 Å². The van der Waals surface area contributed by atoms with Crippen LogP contribution in [0.2, 0.25) is 0 Å². The number of methoxy groups -OCH3 is 1. The van der Waals surface area contributed by atoms with Crippen molar-refractivity contribution in [2.24, 2.45) is 5.14 Å². The van der Waals surface area contributed by atoms with Gasteiger partial charge in [-0.2, -0.15) is 21.6 Å². The zero-order valence-corrected chi connectivity index (χ0v) is 9.39. The van der Waals surface area contributed by atoms with Crippen LogP contribution in [0.3, 0.4) is 0 Å². The minimum absolute atomic E-state index is 0.0442. The van der Waals surface area contributed by atoms with E-state index in [1.807, 2.05) is 0 Å². The summed E-state index contributed by atoms with van der Waals surface area (Å²) in [6, 6.07) is 2.78. The Morgan fingerprint density at radius 2 is 1.94 bits per heavy atom. The van der Waals surface area contributed by atoms with Crippen molar-refractivity contribution in [2.45, 2.75) is 6.18 Å². The first-order chi connectivity index (χ1) is 7.63. The van der Waals surface area contributed by atoms with Crippen LogP contribution in [0, 0.1) is 0 Å². The van der Waals surface area contributed by atoms with Gasteiger partial charge in [0, 0.05) is 0 Å².